The van der Waals surface area contributed by atoms with Crippen LogP contribution in [-0.4, -0.2) is 59.9 Å². The molecule has 3 saturated heterocycles. The van der Waals surface area contributed by atoms with Crippen molar-refractivity contribution < 1.29 is 35.9 Å². The van der Waals surface area contributed by atoms with E-state index in [-0.39, 0.29) is 30.0 Å². The van der Waals surface area contributed by atoms with Gasteiger partial charge in [-0.2, -0.15) is 26.3 Å². The molecule has 3 heterocycles. The highest BCUT2D eigenvalue weighted by molar-refractivity contribution is 5.95. The van der Waals surface area contributed by atoms with Crippen molar-refractivity contribution in [3.63, 3.8) is 0 Å². The molecule has 1 N–H and O–H groups in total. The monoisotopic (exact) mass is 581 g/mol. The van der Waals surface area contributed by atoms with E-state index >= 15 is 0 Å². The lowest BCUT2D eigenvalue weighted by molar-refractivity contribution is -0.143. The lowest BCUT2D eigenvalue weighted by Gasteiger charge is -2.49. The summed E-state index contributed by atoms with van der Waals surface area (Å²) in [5.41, 5.74) is -2.66. The minimum atomic E-state index is -5.03. The summed E-state index contributed by atoms with van der Waals surface area (Å²) < 4.78 is 81.0. The van der Waals surface area contributed by atoms with Gasteiger partial charge < -0.3 is 15.1 Å². The molecule has 2 aromatic rings. The molecule has 3 aliphatic rings. The summed E-state index contributed by atoms with van der Waals surface area (Å²) in [4.78, 5) is 29.5. The summed E-state index contributed by atoms with van der Waals surface area (Å²) >= 11 is 0. The molecule has 3 fully saturated rings. The molecule has 11 heteroatoms. The summed E-state index contributed by atoms with van der Waals surface area (Å²) in [7, 11) is 0. The van der Waals surface area contributed by atoms with Crippen molar-refractivity contribution in [3.05, 3.63) is 70.8 Å². The van der Waals surface area contributed by atoms with Crippen molar-refractivity contribution >= 4 is 11.8 Å². The SMILES string of the molecule is O=C1CC2(CCN1)CCN(C1CCN(C(=O)c3cc(C(F)(F)F)cc(C(F)(F)F)c3)C(Cc3ccccc3)C1)CC2. The standard InChI is InChI=1S/C30H33F6N3O2/c31-29(32,33)22-15-21(16-23(17-22)30(34,35)36)27(41)39-11-6-24(18-25(39)14-20-4-2-1-3-5-20)38-12-8-28(9-13-38)7-10-37-26(40)19-28/h1-5,15-17,24-25H,6-14,18-19H2,(H,37,40). The van der Waals surface area contributed by atoms with Crippen molar-refractivity contribution in [3.8, 4) is 0 Å². The van der Waals surface area contributed by atoms with Crippen LogP contribution < -0.4 is 5.32 Å². The van der Waals surface area contributed by atoms with Crippen LogP contribution in [0, 0.1) is 5.41 Å². The number of alkyl halides is 6. The number of nitrogens with zero attached hydrogens (tertiary/aromatic N) is 2. The van der Waals surface area contributed by atoms with Crippen LogP contribution in [0.2, 0.25) is 0 Å². The van der Waals surface area contributed by atoms with Crippen molar-refractivity contribution in [2.75, 3.05) is 26.2 Å². The Kier molecular flexibility index (Phi) is 8.11. The van der Waals surface area contributed by atoms with E-state index in [1.54, 1.807) is 0 Å². The molecule has 0 aromatic heterocycles. The molecule has 0 aliphatic carbocycles. The van der Waals surface area contributed by atoms with Crippen molar-refractivity contribution in [2.24, 2.45) is 5.41 Å². The first kappa shape index (κ1) is 29.4. The molecule has 0 radical (unpaired) electrons. The summed E-state index contributed by atoms with van der Waals surface area (Å²) in [5, 5.41) is 2.89. The Morgan fingerprint density at radius 3 is 2.12 bits per heavy atom. The molecule has 3 aliphatic heterocycles. The molecule has 5 rings (SSSR count). The number of carbonyl (C=O) groups excluding carboxylic acids is 2. The maximum atomic E-state index is 13.6. The van der Waals surface area contributed by atoms with Crippen LogP contribution in [0.1, 0.15) is 65.6 Å². The van der Waals surface area contributed by atoms with Gasteiger partial charge >= 0.3 is 12.4 Å². The van der Waals surface area contributed by atoms with Gasteiger partial charge in [0.05, 0.1) is 11.1 Å². The Hall–Kier alpha value is -3.08. The minimum absolute atomic E-state index is 0.0125. The number of rotatable bonds is 4. The zero-order chi connectivity index (χ0) is 29.4. The lowest BCUT2D eigenvalue weighted by atomic mass is 9.71. The molecule has 2 unspecified atom stereocenters. The number of benzene rings is 2. The molecule has 41 heavy (non-hydrogen) atoms. The third kappa shape index (κ3) is 6.71. The second-order valence-electron chi connectivity index (χ2n) is 11.6. The molecule has 0 saturated carbocycles. The molecule has 2 atom stereocenters. The topological polar surface area (TPSA) is 52.7 Å². The quantitative estimate of drug-likeness (QED) is 0.456. The van der Waals surface area contributed by atoms with Crippen LogP contribution in [-0.2, 0) is 23.6 Å². The molecule has 2 amide bonds. The highest BCUT2D eigenvalue weighted by Crippen LogP contribution is 2.42. The van der Waals surface area contributed by atoms with Gasteiger partial charge in [-0.1, -0.05) is 30.3 Å². The summed E-state index contributed by atoms with van der Waals surface area (Å²) in [6.45, 7) is 2.53. The van der Waals surface area contributed by atoms with Gasteiger partial charge in [-0.15, -0.1) is 0 Å². The molecule has 5 nitrogen and oxygen atoms in total. The van der Waals surface area contributed by atoms with Gasteiger partial charge in [0.15, 0.2) is 0 Å². The van der Waals surface area contributed by atoms with E-state index in [4.69, 9.17) is 0 Å². The van der Waals surface area contributed by atoms with Gasteiger partial charge in [0.25, 0.3) is 5.91 Å². The predicted molar refractivity (Wildman–Crippen MR) is 140 cm³/mol. The number of amides is 2. The van der Waals surface area contributed by atoms with Gasteiger partial charge in [-0.05, 0) is 80.8 Å². The second-order valence-corrected chi connectivity index (χ2v) is 11.6. The van der Waals surface area contributed by atoms with E-state index in [1.165, 1.54) is 4.90 Å². The third-order valence-electron chi connectivity index (χ3n) is 8.99. The first-order valence-corrected chi connectivity index (χ1v) is 14.0. The van der Waals surface area contributed by atoms with Gasteiger partial charge in [-0.25, -0.2) is 0 Å². The zero-order valence-corrected chi connectivity index (χ0v) is 22.5. The number of hydrogen-bond acceptors (Lipinski definition) is 3. The number of halogens is 6. The minimum Gasteiger partial charge on any atom is -0.356 e. The van der Waals surface area contributed by atoms with Gasteiger partial charge in [-0.3, -0.25) is 9.59 Å². The largest absolute Gasteiger partial charge is 0.416 e. The van der Waals surface area contributed by atoms with Crippen LogP contribution >= 0.6 is 0 Å². The maximum absolute atomic E-state index is 13.6. The van der Waals surface area contributed by atoms with E-state index in [0.717, 1.165) is 37.9 Å². The number of carbonyl (C=O) groups is 2. The summed E-state index contributed by atoms with van der Waals surface area (Å²) in [6.07, 6.45) is -5.23. The normalized spacial score (nSPS) is 23.9. The van der Waals surface area contributed by atoms with Crippen molar-refractivity contribution in [1.29, 1.82) is 0 Å². The van der Waals surface area contributed by atoms with E-state index in [1.807, 2.05) is 30.3 Å². The number of nitrogens with one attached hydrogen (secondary N) is 1. The Balaban J connectivity index is 1.37. The first-order chi connectivity index (χ1) is 19.3. The average molecular weight is 582 g/mol. The molecule has 2 aromatic carbocycles. The lowest BCUT2D eigenvalue weighted by Crippen LogP contribution is -2.55. The Bertz CT molecular complexity index is 1220. The predicted octanol–water partition coefficient (Wildman–Crippen LogP) is 5.93. The fourth-order valence-corrected chi connectivity index (χ4v) is 6.70. The Labute approximate surface area is 234 Å². The van der Waals surface area contributed by atoms with Gasteiger partial charge in [0, 0.05) is 37.2 Å². The maximum Gasteiger partial charge on any atom is 0.416 e. The fraction of sp³-hybridized carbons (Fsp3) is 0.533. The van der Waals surface area contributed by atoms with E-state index in [9.17, 15) is 35.9 Å². The zero-order valence-electron chi connectivity index (χ0n) is 22.5. The highest BCUT2D eigenvalue weighted by Gasteiger charge is 2.43. The molecular formula is C30H33F6N3O2. The molecule has 1 spiro atoms. The van der Waals surface area contributed by atoms with E-state index < -0.39 is 41.0 Å². The third-order valence-corrected chi connectivity index (χ3v) is 8.99. The summed E-state index contributed by atoms with van der Waals surface area (Å²) in [6, 6.07) is 10.2. The van der Waals surface area contributed by atoms with Crippen molar-refractivity contribution in [1.82, 2.24) is 15.1 Å². The molecule has 222 valence electrons. The van der Waals surface area contributed by atoms with Gasteiger partial charge in [0.1, 0.15) is 0 Å². The average Bonchev–Trinajstić information content (AvgIpc) is 2.92. The molecular weight excluding hydrogens is 548 g/mol. The van der Waals surface area contributed by atoms with Crippen molar-refractivity contribution in [2.45, 2.75) is 69.4 Å². The van der Waals surface area contributed by atoms with Crippen LogP contribution in [0.25, 0.3) is 0 Å². The number of likely N-dealkylation sites (tertiary alicyclic amines) is 2. The van der Waals surface area contributed by atoms with Crippen LogP contribution in [0.4, 0.5) is 26.3 Å². The Morgan fingerprint density at radius 1 is 0.902 bits per heavy atom. The fourth-order valence-electron chi connectivity index (χ4n) is 6.70. The smallest absolute Gasteiger partial charge is 0.356 e. The second kappa shape index (κ2) is 11.3. The van der Waals surface area contributed by atoms with Gasteiger partial charge in [0.2, 0.25) is 5.91 Å². The summed E-state index contributed by atoms with van der Waals surface area (Å²) in [5.74, 6) is -0.741. The van der Waals surface area contributed by atoms with Crippen LogP contribution in [0.15, 0.2) is 48.5 Å². The number of piperidine rings is 3. The van der Waals surface area contributed by atoms with Crippen LogP contribution in [0.5, 0.6) is 0 Å². The number of hydrogen-bond donors (Lipinski definition) is 1. The van der Waals surface area contributed by atoms with Crippen LogP contribution in [0.3, 0.4) is 0 Å². The Morgan fingerprint density at radius 2 is 1.54 bits per heavy atom. The van der Waals surface area contributed by atoms with E-state index in [2.05, 4.69) is 10.2 Å². The van der Waals surface area contributed by atoms with E-state index in [0.29, 0.717) is 44.4 Å². The first-order valence-electron chi connectivity index (χ1n) is 14.0. The highest BCUT2D eigenvalue weighted by atomic mass is 19.4. The molecule has 0 bridgehead atoms.